The fraction of sp³-hybridized carbons (Fsp3) is 0.500. The number of hydrogen-bond donors (Lipinski definition) is 2. The summed E-state index contributed by atoms with van der Waals surface area (Å²) in [6, 6.07) is 5.69. The average molecular weight is 319 g/mol. The third kappa shape index (κ3) is 4.27. The predicted molar refractivity (Wildman–Crippen MR) is 83.2 cm³/mol. The molecule has 0 spiro atoms. The molecule has 0 aromatic heterocycles. The standard InChI is InChI=1S/C14H19ClN2O2.ClH/c1-9-7-11(5-6-16-9)17-14(18)12-8-10(15)3-4-13(12)19-2;/h3-4,8-9,11,16H,5-7H2,1-2H3,(H,17,18);1H. The zero-order valence-electron chi connectivity index (χ0n) is 11.6. The molecular formula is C14H20Cl2N2O2. The zero-order chi connectivity index (χ0) is 13.8. The Morgan fingerprint density at radius 2 is 2.25 bits per heavy atom. The quantitative estimate of drug-likeness (QED) is 0.900. The number of amides is 1. The van der Waals surface area contributed by atoms with Crippen molar-refractivity contribution in [3.05, 3.63) is 28.8 Å². The molecule has 2 unspecified atom stereocenters. The molecule has 1 aliphatic rings. The van der Waals surface area contributed by atoms with Crippen molar-refractivity contribution in [2.75, 3.05) is 13.7 Å². The van der Waals surface area contributed by atoms with Crippen LogP contribution in [-0.4, -0.2) is 31.6 Å². The fourth-order valence-corrected chi connectivity index (χ4v) is 2.56. The number of rotatable bonds is 3. The lowest BCUT2D eigenvalue weighted by Crippen LogP contribution is -2.46. The van der Waals surface area contributed by atoms with E-state index < -0.39 is 0 Å². The minimum atomic E-state index is -0.126. The zero-order valence-corrected chi connectivity index (χ0v) is 13.2. The summed E-state index contributed by atoms with van der Waals surface area (Å²) in [5.74, 6) is 0.419. The Bertz CT molecular complexity index is 468. The van der Waals surface area contributed by atoms with Gasteiger partial charge in [0.2, 0.25) is 0 Å². The van der Waals surface area contributed by atoms with E-state index in [1.807, 2.05) is 0 Å². The number of carbonyl (C=O) groups excluding carboxylic acids is 1. The first-order valence-electron chi connectivity index (χ1n) is 6.48. The maximum absolute atomic E-state index is 12.3. The van der Waals surface area contributed by atoms with E-state index in [0.717, 1.165) is 19.4 Å². The molecular weight excluding hydrogens is 299 g/mol. The summed E-state index contributed by atoms with van der Waals surface area (Å²) >= 11 is 5.94. The van der Waals surface area contributed by atoms with Gasteiger partial charge in [0.15, 0.2) is 0 Å². The van der Waals surface area contributed by atoms with Crippen molar-refractivity contribution in [2.24, 2.45) is 0 Å². The molecule has 112 valence electrons. The van der Waals surface area contributed by atoms with E-state index in [1.54, 1.807) is 25.3 Å². The molecule has 2 rings (SSSR count). The highest BCUT2D eigenvalue weighted by molar-refractivity contribution is 6.31. The van der Waals surface area contributed by atoms with Crippen LogP contribution in [0.4, 0.5) is 0 Å². The molecule has 1 saturated heterocycles. The van der Waals surface area contributed by atoms with Gasteiger partial charge in [0, 0.05) is 17.1 Å². The Morgan fingerprint density at radius 1 is 1.50 bits per heavy atom. The number of hydrogen-bond acceptors (Lipinski definition) is 3. The molecule has 0 bridgehead atoms. The predicted octanol–water partition coefficient (Wildman–Crippen LogP) is 2.64. The van der Waals surface area contributed by atoms with E-state index in [1.165, 1.54) is 0 Å². The Kier molecular flexibility index (Phi) is 6.59. The first kappa shape index (κ1) is 17.1. The first-order valence-corrected chi connectivity index (χ1v) is 6.85. The summed E-state index contributed by atoms with van der Waals surface area (Å²) in [6.45, 7) is 3.05. The molecule has 1 amide bonds. The minimum Gasteiger partial charge on any atom is -0.496 e. The lowest BCUT2D eigenvalue weighted by atomic mass is 10.00. The van der Waals surface area contributed by atoms with Crippen LogP contribution in [0.25, 0.3) is 0 Å². The Hall–Kier alpha value is -0.970. The molecule has 0 aliphatic carbocycles. The SMILES string of the molecule is COc1ccc(Cl)cc1C(=O)NC1CCNC(C)C1.Cl. The maximum Gasteiger partial charge on any atom is 0.255 e. The number of ether oxygens (including phenoxy) is 1. The van der Waals surface area contributed by atoms with Crippen LogP contribution in [0.1, 0.15) is 30.1 Å². The average Bonchev–Trinajstić information content (AvgIpc) is 2.38. The van der Waals surface area contributed by atoms with Crippen LogP contribution < -0.4 is 15.4 Å². The highest BCUT2D eigenvalue weighted by Gasteiger charge is 2.22. The summed E-state index contributed by atoms with van der Waals surface area (Å²) in [6.07, 6.45) is 1.88. The lowest BCUT2D eigenvalue weighted by Gasteiger charge is -2.28. The molecule has 1 aromatic carbocycles. The van der Waals surface area contributed by atoms with Gasteiger partial charge in [0.25, 0.3) is 5.91 Å². The second kappa shape index (κ2) is 7.72. The monoisotopic (exact) mass is 318 g/mol. The van der Waals surface area contributed by atoms with Crippen molar-refractivity contribution in [1.82, 2.24) is 10.6 Å². The van der Waals surface area contributed by atoms with Crippen molar-refractivity contribution < 1.29 is 9.53 Å². The molecule has 1 heterocycles. The summed E-state index contributed by atoms with van der Waals surface area (Å²) in [7, 11) is 1.55. The molecule has 1 aromatic rings. The minimum absolute atomic E-state index is 0. The van der Waals surface area contributed by atoms with Crippen LogP contribution in [0.15, 0.2) is 18.2 Å². The van der Waals surface area contributed by atoms with Crippen molar-refractivity contribution in [2.45, 2.75) is 31.8 Å². The second-order valence-corrected chi connectivity index (χ2v) is 5.33. The highest BCUT2D eigenvalue weighted by Crippen LogP contribution is 2.23. The Morgan fingerprint density at radius 3 is 2.90 bits per heavy atom. The topological polar surface area (TPSA) is 50.4 Å². The maximum atomic E-state index is 12.3. The fourth-order valence-electron chi connectivity index (χ4n) is 2.38. The second-order valence-electron chi connectivity index (χ2n) is 4.89. The first-order chi connectivity index (χ1) is 9.10. The Balaban J connectivity index is 0.00000200. The number of carbonyl (C=O) groups is 1. The number of methoxy groups -OCH3 is 1. The van der Waals surface area contributed by atoms with Crippen LogP contribution in [0.2, 0.25) is 5.02 Å². The van der Waals surface area contributed by atoms with Crippen molar-refractivity contribution >= 4 is 29.9 Å². The molecule has 0 saturated carbocycles. The van der Waals surface area contributed by atoms with Crippen LogP contribution >= 0.6 is 24.0 Å². The van der Waals surface area contributed by atoms with Gasteiger partial charge in [-0.1, -0.05) is 11.6 Å². The number of halogens is 2. The van der Waals surface area contributed by atoms with Gasteiger partial charge in [0.05, 0.1) is 12.7 Å². The summed E-state index contributed by atoms with van der Waals surface area (Å²) < 4.78 is 5.20. The molecule has 2 N–H and O–H groups in total. The van der Waals surface area contributed by atoms with Gasteiger partial charge in [-0.15, -0.1) is 12.4 Å². The number of benzene rings is 1. The molecule has 4 nitrogen and oxygen atoms in total. The molecule has 1 fully saturated rings. The third-order valence-corrected chi connectivity index (χ3v) is 3.60. The number of piperidine rings is 1. The van der Waals surface area contributed by atoms with E-state index in [-0.39, 0.29) is 24.4 Å². The van der Waals surface area contributed by atoms with Gasteiger partial charge in [-0.05, 0) is 44.5 Å². The highest BCUT2D eigenvalue weighted by atomic mass is 35.5. The van der Waals surface area contributed by atoms with Crippen LogP contribution in [0.5, 0.6) is 5.75 Å². The van der Waals surface area contributed by atoms with Crippen molar-refractivity contribution in [3.8, 4) is 5.75 Å². The summed E-state index contributed by atoms with van der Waals surface area (Å²) in [4.78, 5) is 12.3. The molecule has 0 radical (unpaired) electrons. The molecule has 1 aliphatic heterocycles. The van der Waals surface area contributed by atoms with Gasteiger partial charge in [0.1, 0.15) is 5.75 Å². The summed E-state index contributed by atoms with van der Waals surface area (Å²) in [5, 5.41) is 6.94. The van der Waals surface area contributed by atoms with Crippen molar-refractivity contribution in [3.63, 3.8) is 0 Å². The van der Waals surface area contributed by atoms with Crippen LogP contribution in [0.3, 0.4) is 0 Å². The van der Waals surface area contributed by atoms with E-state index in [0.29, 0.717) is 22.4 Å². The van der Waals surface area contributed by atoms with Gasteiger partial charge in [-0.3, -0.25) is 4.79 Å². The normalized spacial score (nSPS) is 21.8. The van der Waals surface area contributed by atoms with Gasteiger partial charge >= 0.3 is 0 Å². The van der Waals surface area contributed by atoms with E-state index in [4.69, 9.17) is 16.3 Å². The summed E-state index contributed by atoms with van der Waals surface area (Å²) in [5.41, 5.74) is 0.487. The third-order valence-electron chi connectivity index (χ3n) is 3.37. The van der Waals surface area contributed by atoms with Crippen molar-refractivity contribution in [1.29, 1.82) is 0 Å². The number of nitrogens with one attached hydrogen (secondary N) is 2. The van der Waals surface area contributed by atoms with E-state index >= 15 is 0 Å². The van der Waals surface area contributed by atoms with Gasteiger partial charge in [-0.2, -0.15) is 0 Å². The smallest absolute Gasteiger partial charge is 0.255 e. The van der Waals surface area contributed by atoms with Gasteiger partial charge < -0.3 is 15.4 Å². The molecule has 2 atom stereocenters. The van der Waals surface area contributed by atoms with Gasteiger partial charge in [-0.25, -0.2) is 0 Å². The largest absolute Gasteiger partial charge is 0.496 e. The van der Waals surface area contributed by atoms with E-state index in [2.05, 4.69) is 17.6 Å². The molecule has 20 heavy (non-hydrogen) atoms. The lowest BCUT2D eigenvalue weighted by molar-refractivity contribution is 0.0922. The molecule has 6 heteroatoms. The van der Waals surface area contributed by atoms with Crippen LogP contribution in [0, 0.1) is 0 Å². The van der Waals surface area contributed by atoms with Crippen LogP contribution in [-0.2, 0) is 0 Å². The van der Waals surface area contributed by atoms with E-state index in [9.17, 15) is 4.79 Å². The Labute approximate surface area is 130 Å².